The lowest BCUT2D eigenvalue weighted by Crippen LogP contribution is -2.13. The summed E-state index contributed by atoms with van der Waals surface area (Å²) in [5, 5.41) is 28.2. The van der Waals surface area contributed by atoms with E-state index in [4.69, 9.17) is 5.11 Å². The van der Waals surface area contributed by atoms with Crippen molar-refractivity contribution >= 4 is 11.6 Å². The number of hydrogen-bond acceptors (Lipinski definition) is 5. The second kappa shape index (κ2) is 5.54. The lowest BCUT2D eigenvalue weighted by molar-refractivity contribution is 0.0895. The molecule has 0 aliphatic heterocycles. The van der Waals surface area contributed by atoms with Crippen LogP contribution in [0.25, 0.3) is 0 Å². The zero-order chi connectivity index (χ0) is 14.7. The molecule has 2 aromatic rings. The molecule has 0 unspecified atom stereocenters. The van der Waals surface area contributed by atoms with Crippen LogP contribution in [0.2, 0.25) is 0 Å². The van der Waals surface area contributed by atoms with Crippen molar-refractivity contribution in [3.05, 3.63) is 59.2 Å². The molecular formula is C15H12O5. The number of rotatable bonds is 4. The molecule has 0 aliphatic carbocycles. The standard InChI is InChI=1S/C15H12O5/c16-8-13(19)11-6-10(17)7-12(18)14(11)15(20)9-4-2-1-3-5-9/h1-7,16-18H,8H2. The zero-order valence-corrected chi connectivity index (χ0v) is 10.4. The quantitative estimate of drug-likeness (QED) is 0.733. The highest BCUT2D eigenvalue weighted by molar-refractivity contribution is 6.17. The Morgan fingerprint density at radius 2 is 1.65 bits per heavy atom. The third-order valence-corrected chi connectivity index (χ3v) is 2.81. The minimum atomic E-state index is -0.821. The summed E-state index contributed by atoms with van der Waals surface area (Å²) in [5.74, 6) is -2.17. The van der Waals surface area contributed by atoms with Crippen molar-refractivity contribution in [2.24, 2.45) is 0 Å². The normalized spacial score (nSPS) is 10.2. The number of phenolic OH excluding ortho intramolecular Hbond substituents is 2. The van der Waals surface area contributed by atoms with Gasteiger partial charge in [-0.3, -0.25) is 9.59 Å². The van der Waals surface area contributed by atoms with Gasteiger partial charge in [-0.15, -0.1) is 0 Å². The summed E-state index contributed by atoms with van der Waals surface area (Å²) in [7, 11) is 0. The molecule has 0 amide bonds. The molecule has 0 spiro atoms. The summed E-state index contributed by atoms with van der Waals surface area (Å²) >= 11 is 0. The van der Waals surface area contributed by atoms with Crippen molar-refractivity contribution in [2.45, 2.75) is 0 Å². The number of aromatic hydroxyl groups is 2. The van der Waals surface area contributed by atoms with Gasteiger partial charge in [0.25, 0.3) is 0 Å². The smallest absolute Gasteiger partial charge is 0.197 e. The van der Waals surface area contributed by atoms with E-state index in [1.54, 1.807) is 30.3 Å². The van der Waals surface area contributed by atoms with Gasteiger partial charge >= 0.3 is 0 Å². The average molecular weight is 272 g/mol. The van der Waals surface area contributed by atoms with Gasteiger partial charge in [0.15, 0.2) is 11.6 Å². The van der Waals surface area contributed by atoms with Gasteiger partial charge in [-0.1, -0.05) is 30.3 Å². The summed E-state index contributed by atoms with van der Waals surface area (Å²) < 4.78 is 0. The van der Waals surface area contributed by atoms with E-state index in [1.165, 1.54) is 0 Å². The van der Waals surface area contributed by atoms with Crippen molar-refractivity contribution in [3.63, 3.8) is 0 Å². The van der Waals surface area contributed by atoms with E-state index in [9.17, 15) is 19.8 Å². The van der Waals surface area contributed by atoms with Crippen molar-refractivity contribution in [2.75, 3.05) is 6.61 Å². The van der Waals surface area contributed by atoms with Gasteiger partial charge in [0.05, 0.1) is 5.56 Å². The molecule has 2 rings (SSSR count). The molecule has 0 bridgehead atoms. The Hall–Kier alpha value is -2.66. The Balaban J connectivity index is 2.61. The van der Waals surface area contributed by atoms with Crippen LogP contribution in [0.5, 0.6) is 11.5 Å². The van der Waals surface area contributed by atoms with E-state index in [1.807, 2.05) is 0 Å². The molecule has 0 saturated carbocycles. The molecule has 20 heavy (non-hydrogen) atoms. The van der Waals surface area contributed by atoms with Crippen LogP contribution in [0, 0.1) is 0 Å². The minimum Gasteiger partial charge on any atom is -0.508 e. The minimum absolute atomic E-state index is 0.209. The van der Waals surface area contributed by atoms with Gasteiger partial charge < -0.3 is 15.3 Å². The summed E-state index contributed by atoms with van der Waals surface area (Å²) in [5.41, 5.74) is -0.146. The fourth-order valence-electron chi connectivity index (χ4n) is 1.89. The van der Waals surface area contributed by atoms with E-state index in [0.29, 0.717) is 5.56 Å². The third-order valence-electron chi connectivity index (χ3n) is 2.81. The highest BCUT2D eigenvalue weighted by atomic mass is 16.3. The van der Waals surface area contributed by atoms with E-state index >= 15 is 0 Å². The molecule has 0 fully saturated rings. The van der Waals surface area contributed by atoms with Gasteiger partial charge in [-0.2, -0.15) is 0 Å². The summed E-state index contributed by atoms with van der Waals surface area (Å²) in [6.07, 6.45) is 0. The number of benzene rings is 2. The van der Waals surface area contributed by atoms with Crippen molar-refractivity contribution in [1.29, 1.82) is 0 Å². The van der Waals surface area contributed by atoms with Crippen LogP contribution in [0.4, 0.5) is 0 Å². The number of aliphatic hydroxyl groups excluding tert-OH is 1. The van der Waals surface area contributed by atoms with Crippen molar-refractivity contribution in [3.8, 4) is 11.5 Å². The number of Topliss-reactive ketones (excluding diaryl/α,β-unsaturated/α-hetero) is 1. The van der Waals surface area contributed by atoms with Crippen molar-refractivity contribution in [1.82, 2.24) is 0 Å². The average Bonchev–Trinajstić information content (AvgIpc) is 2.46. The Morgan fingerprint density at radius 3 is 2.25 bits per heavy atom. The Morgan fingerprint density at radius 1 is 1.00 bits per heavy atom. The highest BCUT2D eigenvalue weighted by Gasteiger charge is 2.22. The van der Waals surface area contributed by atoms with Gasteiger partial charge in [0.2, 0.25) is 0 Å². The van der Waals surface area contributed by atoms with E-state index in [2.05, 4.69) is 0 Å². The van der Waals surface area contributed by atoms with Crippen molar-refractivity contribution < 1.29 is 24.9 Å². The van der Waals surface area contributed by atoms with Crippen LogP contribution in [0.3, 0.4) is 0 Å². The van der Waals surface area contributed by atoms with E-state index < -0.39 is 23.9 Å². The third kappa shape index (κ3) is 2.53. The second-order valence-electron chi connectivity index (χ2n) is 4.16. The van der Waals surface area contributed by atoms with Gasteiger partial charge in [-0.05, 0) is 6.07 Å². The SMILES string of the molecule is O=C(CO)c1cc(O)cc(O)c1C(=O)c1ccccc1. The predicted octanol–water partition coefficient (Wildman–Crippen LogP) is 1.50. The van der Waals surface area contributed by atoms with E-state index in [0.717, 1.165) is 12.1 Å². The number of carbonyl (C=O) groups is 2. The predicted molar refractivity (Wildman–Crippen MR) is 71.1 cm³/mol. The fourth-order valence-corrected chi connectivity index (χ4v) is 1.89. The number of aliphatic hydroxyl groups is 1. The Bertz CT molecular complexity index is 661. The maximum absolute atomic E-state index is 12.3. The number of hydrogen-bond donors (Lipinski definition) is 3. The number of ketones is 2. The topological polar surface area (TPSA) is 94.8 Å². The number of phenols is 2. The molecule has 2 aromatic carbocycles. The number of carbonyl (C=O) groups excluding carboxylic acids is 2. The monoisotopic (exact) mass is 272 g/mol. The molecule has 0 heterocycles. The van der Waals surface area contributed by atoms with Gasteiger partial charge in [0.1, 0.15) is 18.1 Å². The fraction of sp³-hybridized carbons (Fsp3) is 0.0667. The highest BCUT2D eigenvalue weighted by Crippen LogP contribution is 2.29. The van der Waals surface area contributed by atoms with E-state index in [-0.39, 0.29) is 16.9 Å². The lowest BCUT2D eigenvalue weighted by atomic mass is 9.95. The van der Waals surface area contributed by atoms with Gasteiger partial charge in [0, 0.05) is 17.2 Å². The summed E-state index contributed by atoms with van der Waals surface area (Å²) in [6.45, 7) is -0.821. The molecule has 0 aliphatic rings. The molecule has 0 saturated heterocycles. The molecule has 0 atom stereocenters. The first kappa shape index (κ1) is 13.8. The summed E-state index contributed by atoms with van der Waals surface area (Å²) in [4.78, 5) is 24.0. The van der Waals surface area contributed by atoms with Crippen LogP contribution in [-0.4, -0.2) is 33.5 Å². The molecule has 0 radical (unpaired) electrons. The van der Waals surface area contributed by atoms with Crippen LogP contribution < -0.4 is 0 Å². The largest absolute Gasteiger partial charge is 0.508 e. The second-order valence-corrected chi connectivity index (χ2v) is 4.16. The first-order valence-corrected chi connectivity index (χ1v) is 5.84. The van der Waals surface area contributed by atoms with Crippen LogP contribution >= 0.6 is 0 Å². The maximum atomic E-state index is 12.3. The first-order valence-electron chi connectivity index (χ1n) is 5.84. The lowest BCUT2D eigenvalue weighted by Gasteiger charge is -2.10. The van der Waals surface area contributed by atoms with Gasteiger partial charge in [-0.25, -0.2) is 0 Å². The Kier molecular flexibility index (Phi) is 3.81. The van der Waals surface area contributed by atoms with Crippen LogP contribution in [0.1, 0.15) is 26.3 Å². The van der Waals surface area contributed by atoms with Crippen LogP contribution in [-0.2, 0) is 0 Å². The molecule has 3 N–H and O–H groups in total. The molecular weight excluding hydrogens is 260 g/mol. The van der Waals surface area contributed by atoms with Crippen LogP contribution in [0.15, 0.2) is 42.5 Å². The zero-order valence-electron chi connectivity index (χ0n) is 10.4. The Labute approximate surface area is 114 Å². The first-order chi connectivity index (χ1) is 9.54. The summed E-state index contributed by atoms with van der Waals surface area (Å²) in [6, 6.07) is 10.1. The molecule has 5 nitrogen and oxygen atoms in total. The molecule has 0 aromatic heterocycles. The maximum Gasteiger partial charge on any atom is 0.197 e. The molecule has 5 heteroatoms. The molecule has 102 valence electrons.